The van der Waals surface area contributed by atoms with Crippen LogP contribution < -0.4 is 0 Å². The van der Waals surface area contributed by atoms with E-state index in [-0.39, 0.29) is 23.8 Å². The Labute approximate surface area is 141 Å². The van der Waals surface area contributed by atoms with E-state index in [4.69, 9.17) is 20.6 Å². The molecule has 0 N–H and O–H groups in total. The molecule has 1 heterocycles. The molecule has 23 heavy (non-hydrogen) atoms. The summed E-state index contributed by atoms with van der Waals surface area (Å²) in [7, 11) is 1.77. The molecule has 0 aromatic heterocycles. The molecular weight excluding hydrogens is 292 g/mol. The molecule has 3 atom stereocenters. The first-order chi connectivity index (χ1) is 10.7. The minimum atomic E-state index is -0.436. The van der Waals surface area contributed by atoms with Gasteiger partial charge in [-0.15, -0.1) is 6.42 Å². The van der Waals surface area contributed by atoms with Crippen molar-refractivity contribution in [2.45, 2.75) is 83.5 Å². The molecular formula is C19H32O4. The van der Waals surface area contributed by atoms with Crippen molar-refractivity contribution < 1.29 is 19.0 Å². The molecule has 1 aliphatic heterocycles. The summed E-state index contributed by atoms with van der Waals surface area (Å²) in [4.78, 5) is 11.7. The van der Waals surface area contributed by atoms with Gasteiger partial charge in [-0.2, -0.15) is 0 Å². The van der Waals surface area contributed by atoms with Gasteiger partial charge < -0.3 is 14.2 Å². The summed E-state index contributed by atoms with van der Waals surface area (Å²) in [6.07, 6.45) is 11.2. The summed E-state index contributed by atoms with van der Waals surface area (Å²) >= 11 is 0. The second-order valence-electron chi connectivity index (χ2n) is 7.48. The number of hydrogen-bond acceptors (Lipinski definition) is 4. The number of ether oxygens (including phenoxy) is 3. The minimum Gasteiger partial charge on any atom is -0.451 e. The summed E-state index contributed by atoms with van der Waals surface area (Å²) < 4.78 is 15.9. The van der Waals surface area contributed by atoms with Crippen LogP contribution in [-0.2, 0) is 19.0 Å². The largest absolute Gasteiger partial charge is 0.451 e. The van der Waals surface area contributed by atoms with Crippen LogP contribution in [0.15, 0.2) is 0 Å². The summed E-state index contributed by atoms with van der Waals surface area (Å²) in [5, 5.41) is 0. The fourth-order valence-electron chi connectivity index (χ4n) is 2.84. The fourth-order valence-corrected chi connectivity index (χ4v) is 2.84. The third-order valence-corrected chi connectivity index (χ3v) is 4.79. The average molecular weight is 324 g/mol. The van der Waals surface area contributed by atoms with Gasteiger partial charge in [0, 0.05) is 7.11 Å². The Hall–Kier alpha value is -1.05. The second-order valence-corrected chi connectivity index (χ2v) is 7.48. The highest BCUT2D eigenvalue weighted by Gasteiger charge is 2.57. The maximum absolute atomic E-state index is 11.7. The van der Waals surface area contributed by atoms with E-state index in [2.05, 4.69) is 26.7 Å². The predicted molar refractivity (Wildman–Crippen MR) is 91.0 cm³/mol. The van der Waals surface area contributed by atoms with E-state index in [1.165, 1.54) is 12.8 Å². The van der Waals surface area contributed by atoms with Crippen LogP contribution in [0.5, 0.6) is 0 Å². The van der Waals surface area contributed by atoms with Crippen molar-refractivity contribution in [3.63, 3.8) is 0 Å². The van der Waals surface area contributed by atoms with Gasteiger partial charge in [0.25, 0.3) is 0 Å². The van der Waals surface area contributed by atoms with Crippen LogP contribution in [0, 0.1) is 18.3 Å². The summed E-state index contributed by atoms with van der Waals surface area (Å²) in [5.74, 6) is 2.64. The molecule has 132 valence electrons. The van der Waals surface area contributed by atoms with E-state index in [9.17, 15) is 4.79 Å². The second kappa shape index (κ2) is 8.70. The van der Waals surface area contributed by atoms with Gasteiger partial charge in [-0.3, -0.25) is 0 Å². The van der Waals surface area contributed by atoms with Crippen LogP contribution >= 0.6 is 0 Å². The highest BCUT2D eigenvalue weighted by Crippen LogP contribution is 2.41. The fraction of sp³-hybridized carbons (Fsp3) is 0.842. The van der Waals surface area contributed by atoms with Gasteiger partial charge in [-0.1, -0.05) is 38.5 Å². The van der Waals surface area contributed by atoms with Gasteiger partial charge in [-0.05, 0) is 39.5 Å². The molecule has 4 heteroatoms. The molecule has 3 unspecified atom stereocenters. The van der Waals surface area contributed by atoms with Crippen LogP contribution in [-0.4, -0.2) is 37.0 Å². The van der Waals surface area contributed by atoms with Gasteiger partial charge >= 0.3 is 5.97 Å². The van der Waals surface area contributed by atoms with Crippen molar-refractivity contribution in [1.82, 2.24) is 0 Å². The molecule has 1 rings (SSSR count). The average Bonchev–Trinajstić information content (AvgIpc) is 3.16. The molecule has 4 nitrogen and oxygen atoms in total. The van der Waals surface area contributed by atoms with Crippen molar-refractivity contribution in [1.29, 1.82) is 0 Å². The SMILES string of the molecule is C#CCOC(=O)C1OC1(C)CCCC(C)CCCC(C)(C)OC. The van der Waals surface area contributed by atoms with E-state index < -0.39 is 6.10 Å². The Morgan fingerprint density at radius 2 is 2.04 bits per heavy atom. The maximum Gasteiger partial charge on any atom is 0.339 e. The zero-order valence-electron chi connectivity index (χ0n) is 15.3. The zero-order valence-corrected chi connectivity index (χ0v) is 15.3. The number of methoxy groups -OCH3 is 1. The van der Waals surface area contributed by atoms with Crippen molar-refractivity contribution >= 4 is 5.97 Å². The Kier molecular flexibility index (Phi) is 7.57. The summed E-state index contributed by atoms with van der Waals surface area (Å²) in [5.41, 5.74) is -0.384. The number of carbonyl (C=O) groups is 1. The molecule has 0 bridgehead atoms. The number of epoxide rings is 1. The molecule has 1 saturated heterocycles. The smallest absolute Gasteiger partial charge is 0.339 e. The standard InChI is InChI=1S/C19H32O4/c1-7-14-22-17(20)16-19(5,23-16)13-9-11-15(2)10-8-12-18(3,4)21-6/h1,15-16H,8-14H2,2-6H3. The molecule has 1 fully saturated rings. The quantitative estimate of drug-likeness (QED) is 0.330. The molecule has 0 aliphatic carbocycles. The molecule has 0 radical (unpaired) electrons. The lowest BCUT2D eigenvalue weighted by molar-refractivity contribution is -0.143. The van der Waals surface area contributed by atoms with Crippen LogP contribution in [0.1, 0.15) is 66.2 Å². The van der Waals surface area contributed by atoms with E-state index >= 15 is 0 Å². The summed E-state index contributed by atoms with van der Waals surface area (Å²) in [6, 6.07) is 0. The van der Waals surface area contributed by atoms with E-state index in [1.807, 2.05) is 6.92 Å². The number of carbonyl (C=O) groups excluding carboxylic acids is 1. The van der Waals surface area contributed by atoms with Gasteiger partial charge in [0.15, 0.2) is 12.7 Å². The van der Waals surface area contributed by atoms with Gasteiger partial charge in [0.05, 0.1) is 5.60 Å². The Bertz CT molecular complexity index is 424. The first-order valence-corrected chi connectivity index (χ1v) is 8.57. The van der Waals surface area contributed by atoms with Crippen molar-refractivity contribution in [3.8, 4) is 12.3 Å². The van der Waals surface area contributed by atoms with Crippen LogP contribution in [0.4, 0.5) is 0 Å². The van der Waals surface area contributed by atoms with Crippen LogP contribution in [0.3, 0.4) is 0 Å². The van der Waals surface area contributed by atoms with Gasteiger partial charge in [0.1, 0.15) is 5.60 Å². The third-order valence-electron chi connectivity index (χ3n) is 4.79. The first kappa shape index (κ1) is 20.0. The summed E-state index contributed by atoms with van der Waals surface area (Å²) in [6.45, 7) is 8.53. The monoisotopic (exact) mass is 324 g/mol. The lowest BCUT2D eigenvalue weighted by Gasteiger charge is -2.23. The normalized spacial score (nSPS) is 24.8. The molecule has 0 saturated carbocycles. The molecule has 1 aliphatic rings. The van der Waals surface area contributed by atoms with E-state index in [0.29, 0.717) is 5.92 Å². The number of hydrogen-bond donors (Lipinski definition) is 0. The Morgan fingerprint density at radius 1 is 1.39 bits per heavy atom. The molecule has 0 spiro atoms. The molecule has 0 aromatic carbocycles. The topological polar surface area (TPSA) is 48.1 Å². The third kappa shape index (κ3) is 6.93. The molecule has 0 amide bonds. The van der Waals surface area contributed by atoms with Crippen LogP contribution in [0.2, 0.25) is 0 Å². The van der Waals surface area contributed by atoms with Gasteiger partial charge in [-0.25, -0.2) is 4.79 Å². The number of terminal acetylenes is 1. The van der Waals surface area contributed by atoms with Crippen molar-refractivity contribution in [2.24, 2.45) is 5.92 Å². The zero-order chi connectivity index (χ0) is 17.5. The van der Waals surface area contributed by atoms with Crippen molar-refractivity contribution in [2.75, 3.05) is 13.7 Å². The predicted octanol–water partition coefficient (Wildman–Crippen LogP) is 3.72. The van der Waals surface area contributed by atoms with E-state index in [0.717, 1.165) is 25.7 Å². The first-order valence-electron chi connectivity index (χ1n) is 8.57. The number of esters is 1. The Morgan fingerprint density at radius 3 is 2.65 bits per heavy atom. The molecule has 0 aromatic rings. The maximum atomic E-state index is 11.7. The lowest BCUT2D eigenvalue weighted by atomic mass is 9.91. The van der Waals surface area contributed by atoms with E-state index in [1.54, 1.807) is 7.11 Å². The number of rotatable bonds is 11. The minimum absolute atomic E-state index is 0.0175. The van der Waals surface area contributed by atoms with Crippen molar-refractivity contribution in [3.05, 3.63) is 0 Å². The highest BCUT2D eigenvalue weighted by atomic mass is 16.7. The van der Waals surface area contributed by atoms with Crippen LogP contribution in [0.25, 0.3) is 0 Å². The Balaban J connectivity index is 2.15. The highest BCUT2D eigenvalue weighted by molar-refractivity contribution is 5.79. The lowest BCUT2D eigenvalue weighted by Crippen LogP contribution is -2.22. The van der Waals surface area contributed by atoms with Gasteiger partial charge in [0.2, 0.25) is 0 Å².